The van der Waals surface area contributed by atoms with Crippen molar-refractivity contribution in [2.24, 2.45) is 0 Å². The van der Waals surface area contributed by atoms with Crippen LogP contribution < -0.4 is 16.2 Å². The molecule has 1 amide bonds. The molecule has 21 heavy (non-hydrogen) atoms. The number of carbonyl (C=O) groups is 1. The van der Waals surface area contributed by atoms with Gasteiger partial charge >= 0.3 is 6.09 Å². The van der Waals surface area contributed by atoms with E-state index in [9.17, 15) is 9.59 Å². The second-order valence-electron chi connectivity index (χ2n) is 5.75. The molecule has 6 heteroatoms. The molecule has 118 valence electrons. The summed E-state index contributed by atoms with van der Waals surface area (Å²) in [7, 11) is 0. The maximum absolute atomic E-state index is 11.4. The van der Waals surface area contributed by atoms with Gasteiger partial charge in [0.1, 0.15) is 5.60 Å². The van der Waals surface area contributed by atoms with E-state index in [1.165, 1.54) is 0 Å². The van der Waals surface area contributed by atoms with Gasteiger partial charge in [-0.3, -0.25) is 4.79 Å². The maximum Gasteiger partial charge on any atom is 0.407 e. The lowest BCUT2D eigenvalue weighted by Gasteiger charge is -2.19. The van der Waals surface area contributed by atoms with Gasteiger partial charge in [0.25, 0.3) is 5.56 Å². The van der Waals surface area contributed by atoms with Crippen molar-refractivity contribution in [3.05, 3.63) is 28.7 Å². The number of aromatic nitrogens is 1. The van der Waals surface area contributed by atoms with E-state index in [0.29, 0.717) is 19.6 Å². The van der Waals surface area contributed by atoms with Crippen LogP contribution in [-0.2, 0) is 11.3 Å². The Hall–Kier alpha value is -1.98. The van der Waals surface area contributed by atoms with Crippen LogP contribution in [-0.4, -0.2) is 29.4 Å². The van der Waals surface area contributed by atoms with Gasteiger partial charge in [-0.25, -0.2) is 4.79 Å². The lowest BCUT2D eigenvalue weighted by Crippen LogP contribution is -2.33. The first-order chi connectivity index (χ1) is 9.81. The number of carbonyl (C=O) groups excluding carboxylic acids is 1. The molecule has 0 fully saturated rings. The van der Waals surface area contributed by atoms with Gasteiger partial charge in [-0.05, 0) is 40.2 Å². The summed E-state index contributed by atoms with van der Waals surface area (Å²) in [5, 5.41) is 5.92. The number of rotatable bonds is 6. The van der Waals surface area contributed by atoms with Crippen molar-refractivity contribution >= 4 is 11.8 Å². The summed E-state index contributed by atoms with van der Waals surface area (Å²) in [4.78, 5) is 22.9. The fraction of sp³-hybridized carbons (Fsp3) is 0.600. The standard InChI is InChI=1S/C15H25N3O3/c1-5-18-11-12(7-8-13(18)19)16-9-6-10-17-14(20)21-15(2,3)4/h7-8,11,16H,5-6,9-10H2,1-4H3,(H,17,20). The van der Waals surface area contributed by atoms with Crippen LogP contribution in [0.2, 0.25) is 0 Å². The van der Waals surface area contributed by atoms with E-state index in [1.54, 1.807) is 22.9 Å². The zero-order valence-corrected chi connectivity index (χ0v) is 13.2. The van der Waals surface area contributed by atoms with Crippen LogP contribution in [0.5, 0.6) is 0 Å². The number of amides is 1. The Balaban J connectivity index is 2.26. The molecule has 1 aromatic rings. The third-order valence-electron chi connectivity index (χ3n) is 2.68. The molecule has 0 unspecified atom stereocenters. The summed E-state index contributed by atoms with van der Waals surface area (Å²) in [5.41, 5.74) is 0.416. The van der Waals surface area contributed by atoms with E-state index >= 15 is 0 Å². The number of nitrogens with one attached hydrogen (secondary N) is 2. The van der Waals surface area contributed by atoms with E-state index in [1.807, 2.05) is 27.7 Å². The van der Waals surface area contributed by atoms with Gasteiger partial charge in [-0.1, -0.05) is 0 Å². The fourth-order valence-electron chi connectivity index (χ4n) is 1.71. The molecule has 0 saturated carbocycles. The Bertz CT molecular complexity index is 518. The van der Waals surface area contributed by atoms with Gasteiger partial charge in [0, 0.05) is 31.9 Å². The average Bonchev–Trinajstić information content (AvgIpc) is 2.38. The highest BCUT2D eigenvalue weighted by atomic mass is 16.6. The van der Waals surface area contributed by atoms with Crippen molar-refractivity contribution in [2.75, 3.05) is 18.4 Å². The van der Waals surface area contributed by atoms with Crippen LogP contribution in [0.25, 0.3) is 0 Å². The summed E-state index contributed by atoms with van der Waals surface area (Å²) < 4.78 is 6.78. The minimum Gasteiger partial charge on any atom is -0.444 e. The Morgan fingerprint density at radius 2 is 2.00 bits per heavy atom. The number of ether oxygens (including phenoxy) is 1. The van der Waals surface area contributed by atoms with E-state index in [0.717, 1.165) is 12.1 Å². The lowest BCUT2D eigenvalue weighted by molar-refractivity contribution is 0.0528. The quantitative estimate of drug-likeness (QED) is 0.789. The average molecular weight is 295 g/mol. The SMILES string of the molecule is CCn1cc(NCCCNC(=O)OC(C)(C)C)ccc1=O. The predicted molar refractivity (Wildman–Crippen MR) is 83.7 cm³/mol. The Kier molecular flexibility index (Phi) is 6.27. The third kappa shape index (κ3) is 6.83. The maximum atomic E-state index is 11.4. The number of aryl methyl sites for hydroxylation is 1. The van der Waals surface area contributed by atoms with Gasteiger partial charge in [-0.2, -0.15) is 0 Å². The summed E-state index contributed by atoms with van der Waals surface area (Å²) in [5.74, 6) is 0. The van der Waals surface area contributed by atoms with Gasteiger partial charge in [0.05, 0.1) is 5.69 Å². The summed E-state index contributed by atoms with van der Waals surface area (Å²) >= 11 is 0. The number of pyridine rings is 1. The predicted octanol–water partition coefficient (Wildman–Crippen LogP) is 2.19. The second kappa shape index (κ2) is 7.71. The van der Waals surface area contributed by atoms with Crippen molar-refractivity contribution in [2.45, 2.75) is 46.3 Å². The first kappa shape index (κ1) is 17.1. The molecule has 0 aliphatic carbocycles. The molecule has 0 aromatic carbocycles. The molecule has 0 radical (unpaired) electrons. The zero-order valence-electron chi connectivity index (χ0n) is 13.2. The van der Waals surface area contributed by atoms with Crippen molar-refractivity contribution in [1.82, 2.24) is 9.88 Å². The van der Waals surface area contributed by atoms with Crippen molar-refractivity contribution in [1.29, 1.82) is 0 Å². The number of hydrogen-bond donors (Lipinski definition) is 2. The summed E-state index contributed by atoms with van der Waals surface area (Å²) in [6.45, 7) is 9.31. The molecule has 0 bridgehead atoms. The van der Waals surface area contributed by atoms with Crippen LogP contribution in [0.3, 0.4) is 0 Å². The van der Waals surface area contributed by atoms with Gasteiger partial charge in [0.2, 0.25) is 0 Å². The zero-order chi connectivity index (χ0) is 15.9. The Morgan fingerprint density at radius 1 is 1.29 bits per heavy atom. The highest BCUT2D eigenvalue weighted by Crippen LogP contribution is 2.06. The monoisotopic (exact) mass is 295 g/mol. The van der Waals surface area contributed by atoms with Crippen LogP contribution in [0.1, 0.15) is 34.1 Å². The smallest absolute Gasteiger partial charge is 0.407 e. The van der Waals surface area contributed by atoms with Gasteiger partial charge in [-0.15, -0.1) is 0 Å². The minimum atomic E-state index is -0.476. The lowest BCUT2D eigenvalue weighted by atomic mass is 10.2. The van der Waals surface area contributed by atoms with Gasteiger partial charge < -0.3 is 19.9 Å². The second-order valence-corrected chi connectivity index (χ2v) is 5.75. The van der Waals surface area contributed by atoms with E-state index in [-0.39, 0.29) is 5.56 Å². The largest absolute Gasteiger partial charge is 0.444 e. The first-order valence-corrected chi connectivity index (χ1v) is 7.23. The van der Waals surface area contributed by atoms with Crippen molar-refractivity contribution in [3.8, 4) is 0 Å². The topological polar surface area (TPSA) is 72.4 Å². The molecule has 0 saturated heterocycles. The van der Waals surface area contributed by atoms with Crippen LogP contribution in [0.4, 0.5) is 10.5 Å². The number of hydrogen-bond acceptors (Lipinski definition) is 4. The molecule has 0 atom stereocenters. The first-order valence-electron chi connectivity index (χ1n) is 7.23. The van der Waals surface area contributed by atoms with E-state index in [2.05, 4.69) is 10.6 Å². The van der Waals surface area contributed by atoms with E-state index < -0.39 is 11.7 Å². The molecule has 0 aliphatic rings. The van der Waals surface area contributed by atoms with Crippen LogP contribution in [0.15, 0.2) is 23.1 Å². The Labute approximate surface area is 125 Å². The third-order valence-corrected chi connectivity index (χ3v) is 2.68. The number of alkyl carbamates (subject to hydrolysis) is 1. The van der Waals surface area contributed by atoms with E-state index in [4.69, 9.17) is 4.74 Å². The van der Waals surface area contributed by atoms with Crippen LogP contribution in [0, 0.1) is 0 Å². The molecule has 1 heterocycles. The molecule has 1 aromatic heterocycles. The van der Waals surface area contributed by atoms with Gasteiger partial charge in [0.15, 0.2) is 0 Å². The summed E-state index contributed by atoms with van der Waals surface area (Å²) in [6.07, 6.45) is 2.16. The molecule has 0 aliphatic heterocycles. The Morgan fingerprint density at radius 3 is 2.62 bits per heavy atom. The highest BCUT2D eigenvalue weighted by Gasteiger charge is 2.15. The van der Waals surface area contributed by atoms with Crippen molar-refractivity contribution < 1.29 is 9.53 Å². The molecule has 0 spiro atoms. The number of anilines is 1. The van der Waals surface area contributed by atoms with Crippen molar-refractivity contribution in [3.63, 3.8) is 0 Å². The summed E-state index contributed by atoms with van der Waals surface area (Å²) in [6, 6.07) is 3.31. The normalized spacial score (nSPS) is 11.0. The number of nitrogens with zero attached hydrogens (tertiary/aromatic N) is 1. The van der Waals surface area contributed by atoms with Crippen LogP contribution >= 0.6 is 0 Å². The fourth-order valence-corrected chi connectivity index (χ4v) is 1.71. The highest BCUT2D eigenvalue weighted by molar-refractivity contribution is 5.67. The molecule has 6 nitrogen and oxygen atoms in total. The minimum absolute atomic E-state index is 0.00496. The molecule has 1 rings (SSSR count). The molecule has 2 N–H and O–H groups in total. The molecular weight excluding hydrogens is 270 g/mol. The molecular formula is C15H25N3O3.